The van der Waals surface area contributed by atoms with Crippen LogP contribution in [0, 0.1) is 11.6 Å². The Morgan fingerprint density at radius 2 is 1.84 bits per heavy atom. The monoisotopic (exact) mass is 347 g/mol. The lowest BCUT2D eigenvalue weighted by Gasteiger charge is -2.09. The topological polar surface area (TPSA) is 64.7 Å². The second-order valence-corrected chi connectivity index (χ2v) is 5.19. The van der Waals surface area contributed by atoms with Gasteiger partial charge in [-0.15, -0.1) is 0 Å². The van der Waals surface area contributed by atoms with Crippen LogP contribution in [0.25, 0.3) is 22.6 Å². The lowest BCUT2D eigenvalue weighted by atomic mass is 10.0. The summed E-state index contributed by atoms with van der Waals surface area (Å²) >= 11 is 0. The van der Waals surface area contributed by atoms with Crippen LogP contribution < -0.4 is 9.47 Å². The number of halogens is 2. The van der Waals surface area contributed by atoms with Gasteiger partial charge in [-0.2, -0.15) is 0 Å². The Labute approximate surface area is 142 Å². The maximum absolute atomic E-state index is 13.5. The van der Waals surface area contributed by atoms with E-state index in [0.717, 1.165) is 12.1 Å². The van der Waals surface area contributed by atoms with Crippen molar-refractivity contribution in [2.45, 2.75) is 6.61 Å². The standard InChI is InChI=1S/C18H15F2NO4/c1-23-11-4-5-12(16(8-11)24-2)17-13(9-22)18(25-21-17)10-3-6-14(19)15(20)7-10/h3-8,22H,9H2,1-2H3. The van der Waals surface area contributed by atoms with Gasteiger partial charge >= 0.3 is 0 Å². The Morgan fingerprint density at radius 3 is 2.48 bits per heavy atom. The predicted octanol–water partition coefficient (Wildman–Crippen LogP) is 3.80. The van der Waals surface area contributed by atoms with Crippen LogP contribution in [0.4, 0.5) is 8.78 Å². The fourth-order valence-electron chi connectivity index (χ4n) is 2.53. The molecule has 0 aliphatic rings. The van der Waals surface area contributed by atoms with Crippen molar-refractivity contribution in [3.63, 3.8) is 0 Å². The van der Waals surface area contributed by atoms with E-state index in [2.05, 4.69) is 5.16 Å². The average Bonchev–Trinajstić information content (AvgIpc) is 3.07. The summed E-state index contributed by atoms with van der Waals surface area (Å²) in [6.45, 7) is -0.400. The molecular formula is C18H15F2NO4. The van der Waals surface area contributed by atoms with Crippen LogP contribution in [0.15, 0.2) is 40.9 Å². The number of aliphatic hydroxyl groups excluding tert-OH is 1. The summed E-state index contributed by atoms with van der Waals surface area (Å²) in [6, 6.07) is 8.43. The smallest absolute Gasteiger partial charge is 0.173 e. The van der Waals surface area contributed by atoms with Crippen molar-refractivity contribution in [1.82, 2.24) is 5.16 Å². The second-order valence-electron chi connectivity index (χ2n) is 5.19. The Balaban J connectivity index is 2.13. The number of aliphatic hydroxyl groups is 1. The van der Waals surface area contributed by atoms with Crippen LogP contribution in [0.1, 0.15) is 5.56 Å². The molecule has 0 bridgehead atoms. The van der Waals surface area contributed by atoms with Gasteiger partial charge in [-0.05, 0) is 30.3 Å². The average molecular weight is 347 g/mol. The van der Waals surface area contributed by atoms with Crippen molar-refractivity contribution >= 4 is 0 Å². The first kappa shape index (κ1) is 16.9. The molecule has 0 aliphatic heterocycles. The van der Waals surface area contributed by atoms with Gasteiger partial charge < -0.3 is 19.1 Å². The van der Waals surface area contributed by atoms with Crippen LogP contribution >= 0.6 is 0 Å². The summed E-state index contributed by atoms with van der Waals surface area (Å²) in [5.41, 5.74) is 1.54. The third kappa shape index (κ3) is 3.06. The Hall–Kier alpha value is -2.93. The molecule has 0 saturated carbocycles. The van der Waals surface area contributed by atoms with E-state index in [1.54, 1.807) is 18.2 Å². The third-order valence-electron chi connectivity index (χ3n) is 3.79. The van der Waals surface area contributed by atoms with Gasteiger partial charge in [0.1, 0.15) is 17.2 Å². The number of benzene rings is 2. The number of methoxy groups -OCH3 is 2. The summed E-state index contributed by atoms with van der Waals surface area (Å²) in [6.07, 6.45) is 0. The van der Waals surface area contributed by atoms with Crippen molar-refractivity contribution in [2.75, 3.05) is 14.2 Å². The number of nitrogens with zero attached hydrogens (tertiary/aromatic N) is 1. The fourth-order valence-corrected chi connectivity index (χ4v) is 2.53. The molecule has 0 saturated heterocycles. The minimum Gasteiger partial charge on any atom is -0.497 e. The van der Waals surface area contributed by atoms with E-state index in [0.29, 0.717) is 28.3 Å². The molecule has 0 spiro atoms. The molecule has 130 valence electrons. The van der Waals surface area contributed by atoms with Crippen molar-refractivity contribution in [3.05, 3.63) is 53.6 Å². The molecule has 7 heteroatoms. The normalized spacial score (nSPS) is 10.8. The van der Waals surface area contributed by atoms with Crippen molar-refractivity contribution in [3.8, 4) is 34.1 Å². The Kier molecular flexibility index (Phi) is 4.67. The van der Waals surface area contributed by atoms with E-state index in [-0.39, 0.29) is 11.3 Å². The zero-order chi connectivity index (χ0) is 18.0. The highest BCUT2D eigenvalue weighted by atomic mass is 19.2. The van der Waals surface area contributed by atoms with Gasteiger partial charge in [0, 0.05) is 17.2 Å². The zero-order valence-electron chi connectivity index (χ0n) is 13.5. The quantitative estimate of drug-likeness (QED) is 0.761. The molecule has 0 atom stereocenters. The molecule has 25 heavy (non-hydrogen) atoms. The highest BCUT2D eigenvalue weighted by Crippen LogP contribution is 2.38. The molecule has 0 radical (unpaired) electrons. The Bertz CT molecular complexity index is 908. The SMILES string of the molecule is COc1ccc(-c2noc(-c3ccc(F)c(F)c3)c2CO)c(OC)c1. The summed E-state index contributed by atoms with van der Waals surface area (Å²) < 4.78 is 42.4. The van der Waals surface area contributed by atoms with Gasteiger partial charge in [0.15, 0.2) is 17.4 Å². The molecular weight excluding hydrogens is 332 g/mol. The molecule has 1 heterocycles. The van der Waals surface area contributed by atoms with Crippen LogP contribution in [0.5, 0.6) is 11.5 Å². The molecule has 1 N–H and O–H groups in total. The number of aromatic nitrogens is 1. The van der Waals surface area contributed by atoms with Gasteiger partial charge in [-0.3, -0.25) is 0 Å². The number of hydrogen-bond donors (Lipinski definition) is 1. The summed E-state index contributed by atoms with van der Waals surface area (Å²) in [7, 11) is 3.03. The first-order chi connectivity index (χ1) is 12.1. The maximum Gasteiger partial charge on any atom is 0.173 e. The highest BCUT2D eigenvalue weighted by Gasteiger charge is 2.22. The first-order valence-corrected chi connectivity index (χ1v) is 7.36. The fraction of sp³-hybridized carbons (Fsp3) is 0.167. The van der Waals surface area contributed by atoms with Gasteiger partial charge in [-0.1, -0.05) is 5.16 Å². The van der Waals surface area contributed by atoms with Gasteiger partial charge in [-0.25, -0.2) is 8.78 Å². The molecule has 1 aromatic heterocycles. The minimum atomic E-state index is -1.01. The van der Waals surface area contributed by atoms with Gasteiger partial charge in [0.25, 0.3) is 0 Å². The van der Waals surface area contributed by atoms with E-state index in [4.69, 9.17) is 14.0 Å². The molecule has 0 fully saturated rings. The number of hydrogen-bond acceptors (Lipinski definition) is 5. The van der Waals surface area contributed by atoms with Crippen LogP contribution in [0.3, 0.4) is 0 Å². The Morgan fingerprint density at radius 1 is 1.04 bits per heavy atom. The lowest BCUT2D eigenvalue weighted by Crippen LogP contribution is -1.94. The van der Waals surface area contributed by atoms with E-state index in [1.807, 2.05) is 0 Å². The molecule has 3 rings (SSSR count). The van der Waals surface area contributed by atoms with Crippen molar-refractivity contribution in [1.29, 1.82) is 0 Å². The van der Waals surface area contributed by atoms with E-state index in [9.17, 15) is 13.9 Å². The summed E-state index contributed by atoms with van der Waals surface area (Å²) in [4.78, 5) is 0. The van der Waals surface area contributed by atoms with Crippen molar-refractivity contribution in [2.24, 2.45) is 0 Å². The molecule has 0 unspecified atom stereocenters. The van der Waals surface area contributed by atoms with Gasteiger partial charge in [0.2, 0.25) is 0 Å². The minimum absolute atomic E-state index is 0.161. The van der Waals surface area contributed by atoms with Gasteiger partial charge in [0.05, 0.1) is 26.4 Å². The largest absolute Gasteiger partial charge is 0.497 e. The molecule has 0 amide bonds. The first-order valence-electron chi connectivity index (χ1n) is 7.36. The van der Waals surface area contributed by atoms with E-state index in [1.165, 1.54) is 20.3 Å². The van der Waals surface area contributed by atoms with Crippen LogP contribution in [-0.2, 0) is 6.61 Å². The highest BCUT2D eigenvalue weighted by molar-refractivity contribution is 5.76. The second kappa shape index (κ2) is 6.90. The summed E-state index contributed by atoms with van der Waals surface area (Å²) in [5.74, 6) is -0.754. The van der Waals surface area contributed by atoms with E-state index >= 15 is 0 Å². The zero-order valence-corrected chi connectivity index (χ0v) is 13.5. The molecule has 0 aliphatic carbocycles. The lowest BCUT2D eigenvalue weighted by molar-refractivity contribution is 0.281. The third-order valence-corrected chi connectivity index (χ3v) is 3.79. The summed E-state index contributed by atoms with van der Waals surface area (Å²) in [5, 5.41) is 13.7. The van der Waals surface area contributed by atoms with E-state index < -0.39 is 18.2 Å². The van der Waals surface area contributed by atoms with Crippen LogP contribution in [-0.4, -0.2) is 24.5 Å². The molecule has 2 aromatic carbocycles. The molecule has 5 nitrogen and oxygen atoms in total. The number of ether oxygens (including phenoxy) is 2. The number of rotatable bonds is 5. The molecule has 3 aromatic rings. The van der Waals surface area contributed by atoms with Crippen LogP contribution in [0.2, 0.25) is 0 Å². The van der Waals surface area contributed by atoms with Crippen molar-refractivity contribution < 1.29 is 27.9 Å². The predicted molar refractivity (Wildman–Crippen MR) is 86.3 cm³/mol. The maximum atomic E-state index is 13.5.